The Morgan fingerprint density at radius 1 is 1.39 bits per heavy atom. The van der Waals surface area contributed by atoms with Crippen LogP contribution in [0.2, 0.25) is 0 Å². The summed E-state index contributed by atoms with van der Waals surface area (Å²) in [6, 6.07) is 0.659. The summed E-state index contributed by atoms with van der Waals surface area (Å²) >= 11 is 0. The summed E-state index contributed by atoms with van der Waals surface area (Å²) in [5, 5.41) is 3.28. The number of halogens is 1. The lowest BCUT2D eigenvalue weighted by Gasteiger charge is -2.29. The summed E-state index contributed by atoms with van der Waals surface area (Å²) in [6.07, 6.45) is 4.66. The van der Waals surface area contributed by atoms with E-state index in [1.807, 2.05) is 11.9 Å². The van der Waals surface area contributed by atoms with E-state index in [0.29, 0.717) is 6.04 Å². The monoisotopic (exact) mass is 275 g/mol. The van der Waals surface area contributed by atoms with Gasteiger partial charge < -0.3 is 10.2 Å². The summed E-state index contributed by atoms with van der Waals surface area (Å²) in [7, 11) is 1.95. The van der Waals surface area contributed by atoms with Crippen molar-refractivity contribution >= 4 is 18.3 Å². The highest BCUT2D eigenvalue weighted by atomic mass is 35.5. The Balaban J connectivity index is 0.00000162. The first-order chi connectivity index (χ1) is 8.22. The number of likely N-dealkylation sites (tertiary alicyclic amines) is 1. The summed E-state index contributed by atoms with van der Waals surface area (Å²) in [4.78, 5) is 16.6. The molecule has 2 fully saturated rings. The Hall–Kier alpha value is -0.320. The third-order valence-corrected chi connectivity index (χ3v) is 4.12. The van der Waals surface area contributed by atoms with Crippen LogP contribution in [0.25, 0.3) is 0 Å². The molecule has 4 nitrogen and oxygen atoms in total. The highest BCUT2D eigenvalue weighted by Crippen LogP contribution is 2.18. The van der Waals surface area contributed by atoms with Crippen molar-refractivity contribution in [2.45, 2.75) is 44.7 Å². The minimum absolute atomic E-state index is 0. The predicted molar refractivity (Wildman–Crippen MR) is 76.2 cm³/mol. The highest BCUT2D eigenvalue weighted by Gasteiger charge is 2.29. The molecular formula is C13H26ClN3O. The van der Waals surface area contributed by atoms with E-state index in [4.69, 9.17) is 0 Å². The third-order valence-electron chi connectivity index (χ3n) is 4.12. The Labute approximate surface area is 116 Å². The molecule has 1 amide bonds. The number of rotatable bonds is 4. The van der Waals surface area contributed by atoms with Gasteiger partial charge in [0, 0.05) is 19.6 Å². The van der Waals surface area contributed by atoms with Crippen molar-refractivity contribution in [3.63, 3.8) is 0 Å². The molecule has 2 aliphatic heterocycles. The van der Waals surface area contributed by atoms with Crippen molar-refractivity contribution in [2.24, 2.45) is 0 Å². The first kappa shape index (κ1) is 15.7. The minimum Gasteiger partial charge on any atom is -0.343 e. The molecule has 0 aliphatic carbocycles. The zero-order valence-electron chi connectivity index (χ0n) is 11.5. The van der Waals surface area contributed by atoms with Gasteiger partial charge >= 0.3 is 0 Å². The van der Waals surface area contributed by atoms with Crippen LogP contribution in [0, 0.1) is 0 Å². The average Bonchev–Trinajstić information content (AvgIpc) is 2.98. The van der Waals surface area contributed by atoms with Gasteiger partial charge in [-0.1, -0.05) is 6.92 Å². The highest BCUT2D eigenvalue weighted by molar-refractivity contribution is 5.85. The fraction of sp³-hybridized carbons (Fsp3) is 0.923. The van der Waals surface area contributed by atoms with E-state index < -0.39 is 0 Å². The van der Waals surface area contributed by atoms with Gasteiger partial charge in [0.15, 0.2) is 0 Å². The Bertz CT molecular complexity index is 269. The lowest BCUT2D eigenvalue weighted by molar-refractivity contribution is -0.132. The largest absolute Gasteiger partial charge is 0.343 e. The molecule has 2 saturated heterocycles. The third kappa shape index (κ3) is 3.59. The van der Waals surface area contributed by atoms with Crippen LogP contribution in [0.15, 0.2) is 0 Å². The van der Waals surface area contributed by atoms with Gasteiger partial charge in [-0.25, -0.2) is 0 Å². The van der Waals surface area contributed by atoms with Crippen LogP contribution >= 0.6 is 12.4 Å². The van der Waals surface area contributed by atoms with Gasteiger partial charge in [0.25, 0.3) is 0 Å². The number of nitrogens with zero attached hydrogens (tertiary/aromatic N) is 2. The van der Waals surface area contributed by atoms with Crippen LogP contribution in [-0.4, -0.2) is 61.0 Å². The Morgan fingerprint density at radius 3 is 2.78 bits per heavy atom. The van der Waals surface area contributed by atoms with Crippen LogP contribution in [0.5, 0.6) is 0 Å². The van der Waals surface area contributed by atoms with Crippen molar-refractivity contribution in [3.8, 4) is 0 Å². The van der Waals surface area contributed by atoms with E-state index in [2.05, 4.69) is 17.1 Å². The molecule has 5 heteroatoms. The van der Waals surface area contributed by atoms with E-state index in [0.717, 1.165) is 32.5 Å². The molecule has 0 spiro atoms. The van der Waals surface area contributed by atoms with E-state index in [1.165, 1.54) is 19.4 Å². The first-order valence-electron chi connectivity index (χ1n) is 6.94. The van der Waals surface area contributed by atoms with Crippen LogP contribution in [0.3, 0.4) is 0 Å². The van der Waals surface area contributed by atoms with Gasteiger partial charge in [-0.3, -0.25) is 9.69 Å². The lowest BCUT2D eigenvalue weighted by Crippen LogP contribution is -2.47. The van der Waals surface area contributed by atoms with E-state index in [-0.39, 0.29) is 24.4 Å². The van der Waals surface area contributed by atoms with Gasteiger partial charge in [-0.2, -0.15) is 0 Å². The zero-order valence-corrected chi connectivity index (χ0v) is 12.3. The van der Waals surface area contributed by atoms with Crippen LogP contribution < -0.4 is 5.32 Å². The average molecular weight is 276 g/mol. The molecule has 0 bridgehead atoms. The molecule has 18 heavy (non-hydrogen) atoms. The zero-order chi connectivity index (χ0) is 12.3. The smallest absolute Gasteiger partial charge is 0.239 e. The molecule has 106 valence electrons. The maximum Gasteiger partial charge on any atom is 0.239 e. The quantitative estimate of drug-likeness (QED) is 0.835. The summed E-state index contributed by atoms with van der Waals surface area (Å²) in [6.45, 7) is 6.40. The van der Waals surface area contributed by atoms with Gasteiger partial charge in [0.05, 0.1) is 6.04 Å². The fourth-order valence-electron chi connectivity index (χ4n) is 3.09. The molecule has 2 rings (SSSR count). The van der Waals surface area contributed by atoms with E-state index >= 15 is 0 Å². The van der Waals surface area contributed by atoms with Gasteiger partial charge in [-0.05, 0) is 45.3 Å². The fourth-order valence-corrected chi connectivity index (χ4v) is 3.09. The van der Waals surface area contributed by atoms with Crippen molar-refractivity contribution < 1.29 is 4.79 Å². The second-order valence-corrected chi connectivity index (χ2v) is 5.29. The molecule has 1 unspecified atom stereocenters. The Morgan fingerprint density at radius 2 is 2.17 bits per heavy atom. The number of likely N-dealkylation sites (N-methyl/N-ethyl adjacent to an activating group) is 2. The Kier molecular flexibility index (Phi) is 6.39. The SMILES string of the molecule is CCN1CCCC1CN(C)C(=O)[C@@H]1CCCN1.Cl. The number of carbonyl (C=O) groups excluding carboxylic acids is 1. The van der Waals surface area contributed by atoms with E-state index in [1.54, 1.807) is 0 Å². The van der Waals surface area contributed by atoms with Crippen molar-refractivity contribution in [2.75, 3.05) is 33.2 Å². The topological polar surface area (TPSA) is 35.6 Å². The van der Waals surface area contributed by atoms with Crippen LogP contribution in [-0.2, 0) is 4.79 Å². The van der Waals surface area contributed by atoms with Crippen molar-refractivity contribution in [3.05, 3.63) is 0 Å². The van der Waals surface area contributed by atoms with Crippen molar-refractivity contribution in [1.82, 2.24) is 15.1 Å². The number of nitrogens with one attached hydrogen (secondary N) is 1. The normalized spacial score (nSPS) is 28.1. The number of hydrogen-bond acceptors (Lipinski definition) is 3. The van der Waals surface area contributed by atoms with Gasteiger partial charge in [0.2, 0.25) is 5.91 Å². The second kappa shape index (κ2) is 7.31. The predicted octanol–water partition coefficient (Wildman–Crippen LogP) is 1.10. The molecule has 2 aliphatic rings. The maximum absolute atomic E-state index is 12.2. The molecule has 0 aromatic rings. The number of amides is 1. The standard InChI is InChI=1S/C13H25N3O.ClH/c1-3-16-9-5-6-11(16)10-15(2)13(17)12-7-4-8-14-12;/h11-12,14H,3-10H2,1-2H3;1H/t11?,12-;/m0./s1. The van der Waals surface area contributed by atoms with Gasteiger partial charge in [0.1, 0.15) is 0 Å². The minimum atomic E-state index is 0. The molecule has 1 N–H and O–H groups in total. The van der Waals surface area contributed by atoms with Crippen LogP contribution in [0.4, 0.5) is 0 Å². The molecule has 0 aromatic heterocycles. The number of carbonyl (C=O) groups is 1. The van der Waals surface area contributed by atoms with Crippen LogP contribution in [0.1, 0.15) is 32.6 Å². The van der Waals surface area contributed by atoms with Crippen molar-refractivity contribution in [1.29, 1.82) is 0 Å². The molecule has 0 aromatic carbocycles. The molecule has 0 radical (unpaired) electrons. The summed E-state index contributed by atoms with van der Waals surface area (Å²) in [5.41, 5.74) is 0. The lowest BCUT2D eigenvalue weighted by atomic mass is 10.1. The second-order valence-electron chi connectivity index (χ2n) is 5.29. The maximum atomic E-state index is 12.2. The van der Waals surface area contributed by atoms with E-state index in [9.17, 15) is 4.79 Å². The molecule has 0 saturated carbocycles. The first-order valence-corrected chi connectivity index (χ1v) is 6.94. The summed E-state index contributed by atoms with van der Waals surface area (Å²) < 4.78 is 0. The summed E-state index contributed by atoms with van der Waals surface area (Å²) in [5.74, 6) is 0.283. The van der Waals surface area contributed by atoms with Gasteiger partial charge in [-0.15, -0.1) is 12.4 Å². The molecular weight excluding hydrogens is 250 g/mol. The molecule has 2 atom stereocenters. The number of hydrogen-bond donors (Lipinski definition) is 1. The molecule has 2 heterocycles.